The molecule has 0 saturated carbocycles. The van der Waals surface area contributed by atoms with Crippen molar-refractivity contribution < 1.29 is 4.79 Å². The summed E-state index contributed by atoms with van der Waals surface area (Å²) in [6.07, 6.45) is 2.25. The summed E-state index contributed by atoms with van der Waals surface area (Å²) >= 11 is 1.64. The summed E-state index contributed by atoms with van der Waals surface area (Å²) < 4.78 is 0. The Morgan fingerprint density at radius 3 is 2.37 bits per heavy atom. The highest BCUT2D eigenvalue weighted by molar-refractivity contribution is 7.09. The van der Waals surface area contributed by atoms with Gasteiger partial charge >= 0.3 is 0 Å². The minimum absolute atomic E-state index is 0.553. The number of thiazole rings is 1. The molecular weight excluding hydrogens is 254 g/mol. The van der Waals surface area contributed by atoms with Crippen LogP contribution in [-0.2, 0) is 11.2 Å². The van der Waals surface area contributed by atoms with E-state index in [2.05, 4.69) is 44.1 Å². The maximum atomic E-state index is 10.4. The fraction of sp³-hybridized carbons (Fsp3) is 0.375. The first-order chi connectivity index (χ1) is 9.04. The number of benzene rings is 1. The number of carbonyl (C=O) groups is 1. The van der Waals surface area contributed by atoms with Crippen LogP contribution in [0.25, 0.3) is 11.3 Å². The molecule has 0 radical (unpaired) electrons. The first kappa shape index (κ1) is 13.9. The molecule has 0 fully saturated rings. The molecule has 0 aliphatic carbocycles. The number of carbonyl (C=O) groups excluding carboxylic acids is 1. The second-order valence-corrected chi connectivity index (χ2v) is 5.91. The molecular formula is C16H19NOS. The van der Waals surface area contributed by atoms with Crippen molar-refractivity contribution >= 4 is 17.6 Å². The molecule has 0 saturated heterocycles. The topological polar surface area (TPSA) is 30.0 Å². The molecule has 0 atom stereocenters. The molecule has 0 aliphatic rings. The zero-order valence-corrected chi connectivity index (χ0v) is 12.7. The average molecular weight is 273 g/mol. The predicted molar refractivity (Wildman–Crippen MR) is 80.9 cm³/mol. The first-order valence-electron chi connectivity index (χ1n) is 6.50. The quantitative estimate of drug-likeness (QED) is 0.782. The molecule has 2 rings (SSSR count). The molecule has 2 nitrogen and oxygen atoms in total. The molecule has 2 aromatic rings. The highest BCUT2D eigenvalue weighted by Crippen LogP contribution is 2.32. The SMILES string of the molecule is Cc1cc(C)c(C)c(-c2csc(CCC=O)n2)c1C. The molecule has 1 heterocycles. The van der Waals surface area contributed by atoms with Crippen molar-refractivity contribution in [2.24, 2.45) is 0 Å². The van der Waals surface area contributed by atoms with E-state index in [1.807, 2.05) is 0 Å². The monoisotopic (exact) mass is 273 g/mol. The molecule has 100 valence electrons. The Bertz CT molecular complexity index is 587. The number of hydrogen-bond acceptors (Lipinski definition) is 3. The summed E-state index contributed by atoms with van der Waals surface area (Å²) in [6.45, 7) is 8.60. The zero-order chi connectivity index (χ0) is 14.0. The zero-order valence-electron chi connectivity index (χ0n) is 11.9. The van der Waals surface area contributed by atoms with Crippen LogP contribution in [0.15, 0.2) is 11.4 Å². The first-order valence-corrected chi connectivity index (χ1v) is 7.38. The number of aldehydes is 1. The van der Waals surface area contributed by atoms with Crippen LogP contribution in [0, 0.1) is 27.7 Å². The van der Waals surface area contributed by atoms with E-state index in [4.69, 9.17) is 0 Å². The Balaban J connectivity index is 2.47. The van der Waals surface area contributed by atoms with Gasteiger partial charge in [-0.25, -0.2) is 4.98 Å². The second kappa shape index (κ2) is 5.66. The van der Waals surface area contributed by atoms with Crippen LogP contribution in [0.1, 0.15) is 33.7 Å². The molecule has 0 amide bonds. The number of aryl methyl sites for hydroxylation is 3. The minimum Gasteiger partial charge on any atom is -0.303 e. The lowest BCUT2D eigenvalue weighted by molar-refractivity contribution is -0.107. The smallest absolute Gasteiger partial charge is 0.120 e. The standard InChI is InChI=1S/C16H19NOS/c1-10-8-11(2)13(4)16(12(10)3)14-9-19-15(17-14)6-5-7-18/h7-9H,5-6H2,1-4H3. The van der Waals surface area contributed by atoms with Gasteiger partial charge < -0.3 is 4.79 Å². The Morgan fingerprint density at radius 2 is 1.79 bits per heavy atom. The molecule has 0 N–H and O–H groups in total. The largest absolute Gasteiger partial charge is 0.303 e. The Kier molecular flexibility index (Phi) is 4.15. The lowest BCUT2D eigenvalue weighted by atomic mass is 9.93. The lowest BCUT2D eigenvalue weighted by Gasteiger charge is -2.13. The van der Waals surface area contributed by atoms with Gasteiger partial charge in [-0.15, -0.1) is 11.3 Å². The normalized spacial score (nSPS) is 10.7. The van der Waals surface area contributed by atoms with Crippen LogP contribution >= 0.6 is 11.3 Å². The maximum absolute atomic E-state index is 10.4. The van der Waals surface area contributed by atoms with E-state index in [-0.39, 0.29) is 0 Å². The maximum Gasteiger partial charge on any atom is 0.120 e. The summed E-state index contributed by atoms with van der Waals surface area (Å²) in [5, 5.41) is 3.15. The van der Waals surface area contributed by atoms with Gasteiger partial charge in [-0.3, -0.25) is 0 Å². The number of hydrogen-bond donors (Lipinski definition) is 0. The molecule has 0 spiro atoms. The fourth-order valence-corrected chi connectivity index (χ4v) is 3.13. The van der Waals surface area contributed by atoms with Gasteiger partial charge in [0.1, 0.15) is 6.29 Å². The van der Waals surface area contributed by atoms with Gasteiger partial charge in [-0.2, -0.15) is 0 Å². The van der Waals surface area contributed by atoms with Crippen molar-refractivity contribution in [1.29, 1.82) is 0 Å². The molecule has 0 aliphatic heterocycles. The summed E-state index contributed by atoms with van der Waals surface area (Å²) in [4.78, 5) is 15.1. The van der Waals surface area contributed by atoms with Crippen molar-refractivity contribution in [3.8, 4) is 11.3 Å². The molecule has 19 heavy (non-hydrogen) atoms. The number of nitrogens with zero attached hydrogens (tertiary/aromatic N) is 1. The number of rotatable bonds is 4. The van der Waals surface area contributed by atoms with E-state index in [9.17, 15) is 4.79 Å². The number of aromatic nitrogens is 1. The third-order valence-corrected chi connectivity index (χ3v) is 4.56. The summed E-state index contributed by atoms with van der Waals surface area (Å²) in [6, 6.07) is 2.23. The lowest BCUT2D eigenvalue weighted by Crippen LogP contribution is -1.95. The average Bonchev–Trinajstić information content (AvgIpc) is 2.83. The van der Waals surface area contributed by atoms with E-state index < -0.39 is 0 Å². The van der Waals surface area contributed by atoms with E-state index in [1.54, 1.807) is 11.3 Å². The van der Waals surface area contributed by atoms with E-state index in [0.29, 0.717) is 6.42 Å². The van der Waals surface area contributed by atoms with Gasteiger partial charge in [0, 0.05) is 23.8 Å². The summed E-state index contributed by atoms with van der Waals surface area (Å²) in [5.41, 5.74) is 7.52. The summed E-state index contributed by atoms with van der Waals surface area (Å²) in [5.74, 6) is 0. The van der Waals surface area contributed by atoms with Gasteiger partial charge in [-0.1, -0.05) is 6.07 Å². The molecule has 1 aromatic carbocycles. The summed E-state index contributed by atoms with van der Waals surface area (Å²) in [7, 11) is 0. The molecule has 3 heteroatoms. The van der Waals surface area contributed by atoms with Crippen LogP contribution < -0.4 is 0 Å². The second-order valence-electron chi connectivity index (χ2n) is 4.97. The highest BCUT2D eigenvalue weighted by Gasteiger charge is 2.13. The minimum atomic E-state index is 0.553. The van der Waals surface area contributed by atoms with Crippen molar-refractivity contribution in [3.05, 3.63) is 38.7 Å². The van der Waals surface area contributed by atoms with Crippen LogP contribution in [0.5, 0.6) is 0 Å². The Labute approximate surface area is 118 Å². The van der Waals surface area contributed by atoms with Crippen LogP contribution in [0.2, 0.25) is 0 Å². The van der Waals surface area contributed by atoms with Crippen molar-refractivity contribution in [1.82, 2.24) is 4.98 Å². The Hall–Kier alpha value is -1.48. The van der Waals surface area contributed by atoms with Crippen LogP contribution in [-0.4, -0.2) is 11.3 Å². The predicted octanol–water partition coefficient (Wildman–Crippen LogP) is 4.18. The van der Waals surface area contributed by atoms with Crippen molar-refractivity contribution in [2.45, 2.75) is 40.5 Å². The molecule has 1 aromatic heterocycles. The Morgan fingerprint density at radius 1 is 1.16 bits per heavy atom. The third-order valence-electron chi connectivity index (χ3n) is 3.65. The van der Waals surface area contributed by atoms with E-state index >= 15 is 0 Å². The van der Waals surface area contributed by atoms with Crippen LogP contribution in [0.4, 0.5) is 0 Å². The fourth-order valence-electron chi connectivity index (χ4n) is 2.32. The third kappa shape index (κ3) is 2.76. The van der Waals surface area contributed by atoms with Crippen molar-refractivity contribution in [3.63, 3.8) is 0 Å². The van der Waals surface area contributed by atoms with E-state index in [0.717, 1.165) is 23.4 Å². The van der Waals surface area contributed by atoms with Gasteiger partial charge in [0.2, 0.25) is 0 Å². The van der Waals surface area contributed by atoms with Crippen molar-refractivity contribution in [2.75, 3.05) is 0 Å². The van der Waals surface area contributed by atoms with Crippen LogP contribution in [0.3, 0.4) is 0 Å². The highest BCUT2D eigenvalue weighted by atomic mass is 32.1. The van der Waals surface area contributed by atoms with Gasteiger partial charge in [-0.05, 0) is 49.9 Å². The van der Waals surface area contributed by atoms with Gasteiger partial charge in [0.15, 0.2) is 0 Å². The molecule has 0 unspecified atom stereocenters. The molecule has 0 bridgehead atoms. The van der Waals surface area contributed by atoms with Gasteiger partial charge in [0.05, 0.1) is 10.7 Å². The van der Waals surface area contributed by atoms with E-state index in [1.165, 1.54) is 27.8 Å². The van der Waals surface area contributed by atoms with Gasteiger partial charge in [0.25, 0.3) is 0 Å².